The van der Waals surface area contributed by atoms with E-state index < -0.39 is 5.82 Å². The van der Waals surface area contributed by atoms with Crippen molar-refractivity contribution in [3.05, 3.63) is 64.4 Å². The Morgan fingerprint density at radius 3 is 2.55 bits per heavy atom. The van der Waals surface area contributed by atoms with Crippen LogP contribution in [0.15, 0.2) is 42.5 Å². The van der Waals surface area contributed by atoms with Gasteiger partial charge in [0, 0.05) is 17.0 Å². The van der Waals surface area contributed by atoms with Crippen molar-refractivity contribution < 1.29 is 9.18 Å². The van der Waals surface area contributed by atoms with Gasteiger partial charge in [-0.2, -0.15) is 11.8 Å². The monoisotopic (exact) mass is 309 g/mol. The van der Waals surface area contributed by atoms with Gasteiger partial charge in [-0.1, -0.05) is 23.7 Å². The number of thioether (sulfide) groups is 1. The predicted octanol–water partition coefficient (Wildman–Crippen LogP) is 4.59. The Kier molecular flexibility index (Phi) is 5.04. The smallest absolute Gasteiger partial charge is 0.255 e. The van der Waals surface area contributed by atoms with Gasteiger partial charge in [-0.3, -0.25) is 4.79 Å². The summed E-state index contributed by atoms with van der Waals surface area (Å²) in [6.07, 6.45) is 2.03. The van der Waals surface area contributed by atoms with E-state index in [0.29, 0.717) is 11.3 Å². The molecule has 0 bridgehead atoms. The Morgan fingerprint density at radius 1 is 1.25 bits per heavy atom. The van der Waals surface area contributed by atoms with Gasteiger partial charge in [-0.05, 0) is 42.2 Å². The van der Waals surface area contributed by atoms with Crippen LogP contribution in [0, 0.1) is 5.82 Å². The molecule has 0 spiro atoms. The molecule has 0 heterocycles. The summed E-state index contributed by atoms with van der Waals surface area (Å²) in [7, 11) is 0. The maximum absolute atomic E-state index is 13.0. The maximum atomic E-state index is 13.0. The van der Waals surface area contributed by atoms with Crippen molar-refractivity contribution in [1.82, 2.24) is 0 Å². The fourth-order valence-corrected chi connectivity index (χ4v) is 2.40. The standard InChI is InChI=1S/C15H13ClFNOS/c1-20-9-10-2-4-11(5-3-10)15(19)18-12-6-7-14(17)13(16)8-12/h2-8H,9H2,1H3,(H,18,19). The molecule has 0 atom stereocenters. The first-order chi connectivity index (χ1) is 9.60. The number of anilines is 1. The van der Waals surface area contributed by atoms with Gasteiger partial charge in [-0.15, -0.1) is 0 Å². The third-order valence-corrected chi connectivity index (χ3v) is 3.62. The maximum Gasteiger partial charge on any atom is 0.255 e. The molecule has 0 aliphatic rings. The molecule has 0 fully saturated rings. The molecule has 0 aromatic heterocycles. The molecular weight excluding hydrogens is 297 g/mol. The topological polar surface area (TPSA) is 29.1 Å². The van der Waals surface area contributed by atoms with Gasteiger partial charge >= 0.3 is 0 Å². The Labute approximate surface area is 126 Å². The fourth-order valence-electron chi connectivity index (χ4n) is 1.70. The molecule has 0 saturated heterocycles. The molecule has 2 nitrogen and oxygen atoms in total. The Bertz CT molecular complexity index is 616. The molecular formula is C15H13ClFNOS. The van der Waals surface area contributed by atoms with Gasteiger partial charge in [0.2, 0.25) is 0 Å². The highest BCUT2D eigenvalue weighted by molar-refractivity contribution is 7.97. The number of rotatable bonds is 4. The second kappa shape index (κ2) is 6.77. The van der Waals surface area contributed by atoms with Crippen molar-refractivity contribution in [1.29, 1.82) is 0 Å². The van der Waals surface area contributed by atoms with Crippen molar-refractivity contribution in [2.24, 2.45) is 0 Å². The zero-order chi connectivity index (χ0) is 14.5. The van der Waals surface area contributed by atoms with Gasteiger partial charge < -0.3 is 5.32 Å². The van der Waals surface area contributed by atoms with Crippen molar-refractivity contribution >= 4 is 35.0 Å². The zero-order valence-electron chi connectivity index (χ0n) is 10.8. The first-order valence-electron chi connectivity index (χ1n) is 5.94. The summed E-state index contributed by atoms with van der Waals surface area (Å²) in [6, 6.07) is 11.5. The van der Waals surface area contributed by atoms with Gasteiger partial charge in [0.05, 0.1) is 5.02 Å². The highest BCUT2D eigenvalue weighted by Gasteiger charge is 2.07. The van der Waals surface area contributed by atoms with E-state index in [0.717, 1.165) is 5.75 Å². The van der Waals surface area contributed by atoms with Gasteiger partial charge in [-0.25, -0.2) is 4.39 Å². The Morgan fingerprint density at radius 2 is 1.95 bits per heavy atom. The SMILES string of the molecule is CSCc1ccc(C(=O)Nc2ccc(F)c(Cl)c2)cc1. The van der Waals surface area contributed by atoms with Crippen LogP contribution in [0.3, 0.4) is 0 Å². The summed E-state index contributed by atoms with van der Waals surface area (Å²) in [5.74, 6) is 0.157. The third kappa shape index (κ3) is 3.74. The van der Waals surface area contributed by atoms with Crippen LogP contribution in [-0.2, 0) is 5.75 Å². The average molecular weight is 310 g/mol. The van der Waals surface area contributed by atoms with Crippen LogP contribution in [0.25, 0.3) is 0 Å². The molecule has 0 saturated carbocycles. The van der Waals surface area contributed by atoms with Gasteiger partial charge in [0.15, 0.2) is 0 Å². The molecule has 1 N–H and O–H groups in total. The van der Waals surface area contributed by atoms with E-state index >= 15 is 0 Å². The van der Waals surface area contributed by atoms with Gasteiger partial charge in [0.1, 0.15) is 5.82 Å². The average Bonchev–Trinajstić information content (AvgIpc) is 2.44. The van der Waals surface area contributed by atoms with E-state index in [1.807, 2.05) is 18.4 Å². The number of hydrogen-bond acceptors (Lipinski definition) is 2. The van der Waals surface area contributed by atoms with Crippen molar-refractivity contribution in [3.8, 4) is 0 Å². The van der Waals surface area contributed by atoms with E-state index in [2.05, 4.69) is 5.32 Å². The van der Waals surface area contributed by atoms with Crippen LogP contribution in [0.1, 0.15) is 15.9 Å². The lowest BCUT2D eigenvalue weighted by atomic mass is 10.1. The summed E-state index contributed by atoms with van der Waals surface area (Å²) in [5, 5.41) is 2.67. The largest absolute Gasteiger partial charge is 0.322 e. The lowest BCUT2D eigenvalue weighted by Crippen LogP contribution is -2.11. The van der Waals surface area contributed by atoms with Gasteiger partial charge in [0.25, 0.3) is 5.91 Å². The first kappa shape index (κ1) is 14.9. The minimum atomic E-state index is -0.508. The first-order valence-corrected chi connectivity index (χ1v) is 7.71. The summed E-state index contributed by atoms with van der Waals surface area (Å²) < 4.78 is 13.0. The predicted molar refractivity (Wildman–Crippen MR) is 83.0 cm³/mol. The van der Waals surface area contributed by atoms with E-state index in [4.69, 9.17) is 11.6 Å². The number of hydrogen-bond donors (Lipinski definition) is 1. The molecule has 0 radical (unpaired) electrons. The minimum absolute atomic E-state index is 0.0156. The molecule has 1 amide bonds. The zero-order valence-corrected chi connectivity index (χ0v) is 12.4. The number of amides is 1. The number of nitrogens with one attached hydrogen (secondary N) is 1. The number of carbonyl (C=O) groups is 1. The number of halogens is 2. The highest BCUT2D eigenvalue weighted by atomic mass is 35.5. The lowest BCUT2D eigenvalue weighted by Gasteiger charge is -2.07. The lowest BCUT2D eigenvalue weighted by molar-refractivity contribution is 0.102. The summed E-state index contributed by atoms with van der Waals surface area (Å²) >= 11 is 7.39. The van der Waals surface area contributed by atoms with E-state index in [1.165, 1.54) is 23.8 Å². The summed E-state index contributed by atoms with van der Waals surface area (Å²) in [5.41, 5.74) is 2.18. The summed E-state index contributed by atoms with van der Waals surface area (Å²) in [6.45, 7) is 0. The molecule has 0 aliphatic heterocycles. The molecule has 20 heavy (non-hydrogen) atoms. The van der Waals surface area contributed by atoms with E-state index in [9.17, 15) is 9.18 Å². The quantitative estimate of drug-likeness (QED) is 0.894. The van der Waals surface area contributed by atoms with Crippen LogP contribution in [0.2, 0.25) is 5.02 Å². The number of benzene rings is 2. The molecule has 2 aromatic rings. The van der Waals surface area contributed by atoms with Crippen molar-refractivity contribution in [2.75, 3.05) is 11.6 Å². The van der Waals surface area contributed by atoms with Crippen LogP contribution in [0.5, 0.6) is 0 Å². The highest BCUT2D eigenvalue weighted by Crippen LogP contribution is 2.20. The molecule has 5 heteroatoms. The van der Waals surface area contributed by atoms with E-state index in [1.54, 1.807) is 23.9 Å². The van der Waals surface area contributed by atoms with Crippen LogP contribution >= 0.6 is 23.4 Å². The second-order valence-corrected chi connectivity index (χ2v) is 5.49. The van der Waals surface area contributed by atoms with Crippen LogP contribution in [0.4, 0.5) is 10.1 Å². The second-order valence-electron chi connectivity index (χ2n) is 4.21. The van der Waals surface area contributed by atoms with Crippen molar-refractivity contribution in [3.63, 3.8) is 0 Å². The molecule has 104 valence electrons. The molecule has 2 aromatic carbocycles. The van der Waals surface area contributed by atoms with Crippen molar-refractivity contribution in [2.45, 2.75) is 5.75 Å². The Hall–Kier alpha value is -1.52. The van der Waals surface area contributed by atoms with E-state index in [-0.39, 0.29) is 10.9 Å². The Balaban J connectivity index is 2.09. The third-order valence-electron chi connectivity index (χ3n) is 2.70. The molecule has 2 rings (SSSR count). The fraction of sp³-hybridized carbons (Fsp3) is 0.133. The molecule has 0 aliphatic carbocycles. The summed E-state index contributed by atoms with van der Waals surface area (Å²) in [4.78, 5) is 12.0. The minimum Gasteiger partial charge on any atom is -0.322 e. The van der Waals surface area contributed by atoms with Crippen LogP contribution in [-0.4, -0.2) is 12.2 Å². The van der Waals surface area contributed by atoms with Crippen LogP contribution < -0.4 is 5.32 Å². The number of carbonyl (C=O) groups excluding carboxylic acids is 1. The normalized spacial score (nSPS) is 10.3. The molecule has 0 unspecified atom stereocenters.